The summed E-state index contributed by atoms with van der Waals surface area (Å²) < 4.78 is 59.0. The second-order valence-corrected chi connectivity index (χ2v) is 6.73. The molecule has 0 aromatic heterocycles. The Labute approximate surface area is 189 Å². The maximum atomic E-state index is 13.8. The van der Waals surface area contributed by atoms with Crippen LogP contribution in [-0.4, -0.2) is 26.6 Å². The summed E-state index contributed by atoms with van der Waals surface area (Å²) in [5, 5.41) is 0. The standard InChI is InChI=1S/C25H21F3O5/c1-30-21-11-8-16(13-18(21)15-32-22-6-4-3-5-19(22)26)7-10-20(29)17-9-12-23(33-25(27)28)24(14-17)31-2/h3-14,25H,15H2,1-2H3/b10-7+. The van der Waals surface area contributed by atoms with Gasteiger partial charge in [-0.2, -0.15) is 8.78 Å². The molecule has 0 aliphatic heterocycles. The van der Waals surface area contributed by atoms with Gasteiger partial charge in [0.1, 0.15) is 12.4 Å². The minimum absolute atomic E-state index is 0.0200. The second-order valence-electron chi connectivity index (χ2n) is 6.73. The number of hydrogen-bond acceptors (Lipinski definition) is 5. The molecule has 0 fully saturated rings. The third kappa shape index (κ3) is 6.29. The summed E-state index contributed by atoms with van der Waals surface area (Å²) in [6.07, 6.45) is 2.93. The van der Waals surface area contributed by atoms with Crippen LogP contribution >= 0.6 is 0 Å². The highest BCUT2D eigenvalue weighted by Gasteiger charge is 2.13. The minimum atomic E-state index is -3.01. The maximum absolute atomic E-state index is 13.8. The van der Waals surface area contributed by atoms with Crippen molar-refractivity contribution in [3.63, 3.8) is 0 Å². The monoisotopic (exact) mass is 458 g/mol. The number of carbonyl (C=O) groups is 1. The fourth-order valence-electron chi connectivity index (χ4n) is 3.01. The van der Waals surface area contributed by atoms with Gasteiger partial charge in [-0.1, -0.05) is 24.3 Å². The fourth-order valence-corrected chi connectivity index (χ4v) is 3.01. The van der Waals surface area contributed by atoms with Crippen molar-refractivity contribution in [1.82, 2.24) is 0 Å². The minimum Gasteiger partial charge on any atom is -0.496 e. The molecule has 0 aliphatic rings. The van der Waals surface area contributed by atoms with E-state index in [1.807, 2.05) is 0 Å². The number of allylic oxidation sites excluding steroid dienone is 1. The molecule has 0 radical (unpaired) electrons. The van der Waals surface area contributed by atoms with Crippen LogP contribution in [0.3, 0.4) is 0 Å². The number of halogens is 3. The van der Waals surface area contributed by atoms with Gasteiger partial charge in [-0.25, -0.2) is 4.39 Å². The molecule has 8 heteroatoms. The van der Waals surface area contributed by atoms with E-state index in [1.165, 1.54) is 50.6 Å². The van der Waals surface area contributed by atoms with E-state index in [-0.39, 0.29) is 35.2 Å². The van der Waals surface area contributed by atoms with E-state index in [1.54, 1.807) is 36.4 Å². The van der Waals surface area contributed by atoms with Crippen LogP contribution in [0.5, 0.6) is 23.0 Å². The summed E-state index contributed by atoms with van der Waals surface area (Å²) in [5.41, 5.74) is 1.58. The molecule has 0 aliphatic carbocycles. The van der Waals surface area contributed by atoms with E-state index in [9.17, 15) is 18.0 Å². The van der Waals surface area contributed by atoms with E-state index in [0.29, 0.717) is 16.9 Å². The van der Waals surface area contributed by atoms with Crippen molar-refractivity contribution >= 4 is 11.9 Å². The Morgan fingerprint density at radius 3 is 2.33 bits per heavy atom. The molecule has 0 atom stereocenters. The first kappa shape index (κ1) is 23.7. The summed E-state index contributed by atoms with van der Waals surface area (Å²) in [7, 11) is 2.80. The molecule has 0 saturated heterocycles. The first-order valence-corrected chi connectivity index (χ1v) is 9.80. The van der Waals surface area contributed by atoms with Gasteiger partial charge in [-0.15, -0.1) is 0 Å². The lowest BCUT2D eigenvalue weighted by Crippen LogP contribution is -2.04. The molecule has 0 unspecified atom stereocenters. The van der Waals surface area contributed by atoms with Gasteiger partial charge >= 0.3 is 6.61 Å². The Kier molecular flexibility index (Phi) is 7.96. The highest BCUT2D eigenvalue weighted by molar-refractivity contribution is 6.07. The number of alkyl halides is 2. The lowest BCUT2D eigenvalue weighted by atomic mass is 10.1. The van der Waals surface area contributed by atoms with Crippen molar-refractivity contribution in [2.75, 3.05) is 14.2 Å². The lowest BCUT2D eigenvalue weighted by Gasteiger charge is -2.12. The van der Waals surface area contributed by atoms with Gasteiger partial charge in [-0.3, -0.25) is 4.79 Å². The van der Waals surface area contributed by atoms with Crippen molar-refractivity contribution in [2.45, 2.75) is 13.2 Å². The van der Waals surface area contributed by atoms with Crippen LogP contribution in [0.1, 0.15) is 21.5 Å². The van der Waals surface area contributed by atoms with E-state index in [4.69, 9.17) is 14.2 Å². The van der Waals surface area contributed by atoms with Gasteiger partial charge in [0.25, 0.3) is 0 Å². The van der Waals surface area contributed by atoms with Gasteiger partial charge in [-0.05, 0) is 54.1 Å². The third-order valence-electron chi connectivity index (χ3n) is 4.62. The molecule has 0 heterocycles. The van der Waals surface area contributed by atoms with E-state index in [2.05, 4.69) is 4.74 Å². The predicted molar refractivity (Wildman–Crippen MR) is 117 cm³/mol. The smallest absolute Gasteiger partial charge is 0.387 e. The van der Waals surface area contributed by atoms with Crippen LogP contribution in [0, 0.1) is 5.82 Å². The van der Waals surface area contributed by atoms with Gasteiger partial charge in [0.2, 0.25) is 0 Å². The van der Waals surface area contributed by atoms with E-state index < -0.39 is 12.4 Å². The molecule has 0 spiro atoms. The summed E-state index contributed by atoms with van der Waals surface area (Å²) >= 11 is 0. The number of ketones is 1. The molecule has 3 rings (SSSR count). The summed E-state index contributed by atoms with van der Waals surface area (Å²) in [5.74, 6) is -0.317. The summed E-state index contributed by atoms with van der Waals surface area (Å²) in [4.78, 5) is 12.6. The second kappa shape index (κ2) is 11.1. The highest BCUT2D eigenvalue weighted by atomic mass is 19.3. The number of ether oxygens (including phenoxy) is 4. The molecular formula is C25H21F3O5. The molecule has 3 aromatic carbocycles. The average Bonchev–Trinajstić information content (AvgIpc) is 2.82. The molecule has 0 bridgehead atoms. The zero-order valence-corrected chi connectivity index (χ0v) is 17.9. The number of carbonyl (C=O) groups excluding carboxylic acids is 1. The van der Waals surface area contributed by atoms with Crippen molar-refractivity contribution in [2.24, 2.45) is 0 Å². The van der Waals surface area contributed by atoms with Crippen LogP contribution in [-0.2, 0) is 6.61 Å². The third-order valence-corrected chi connectivity index (χ3v) is 4.62. The number of methoxy groups -OCH3 is 2. The lowest BCUT2D eigenvalue weighted by molar-refractivity contribution is -0.0512. The summed E-state index contributed by atoms with van der Waals surface area (Å²) in [6, 6.07) is 15.2. The molecule has 172 valence electrons. The quantitative estimate of drug-likeness (QED) is 0.279. The Morgan fingerprint density at radius 2 is 1.64 bits per heavy atom. The van der Waals surface area contributed by atoms with Crippen LogP contribution < -0.4 is 18.9 Å². The Hall–Kier alpha value is -3.94. The number of benzene rings is 3. The van der Waals surface area contributed by atoms with Gasteiger partial charge in [0, 0.05) is 11.1 Å². The molecule has 0 N–H and O–H groups in total. The van der Waals surface area contributed by atoms with Gasteiger partial charge in [0.05, 0.1) is 14.2 Å². The molecule has 3 aromatic rings. The molecule has 33 heavy (non-hydrogen) atoms. The normalized spacial score (nSPS) is 11.0. The first-order valence-electron chi connectivity index (χ1n) is 9.80. The SMILES string of the molecule is COc1ccc(/C=C/C(=O)c2ccc(OC(F)F)c(OC)c2)cc1COc1ccccc1F. The fraction of sp³-hybridized carbons (Fsp3) is 0.160. The summed E-state index contributed by atoms with van der Waals surface area (Å²) in [6.45, 7) is -2.95. The first-order chi connectivity index (χ1) is 15.9. The number of para-hydroxylation sites is 1. The van der Waals surface area contributed by atoms with Crippen LogP contribution in [0.2, 0.25) is 0 Å². The zero-order valence-electron chi connectivity index (χ0n) is 17.9. The Bertz CT molecular complexity index is 1140. The molecule has 0 amide bonds. The van der Waals surface area contributed by atoms with Gasteiger partial charge < -0.3 is 18.9 Å². The Morgan fingerprint density at radius 1 is 0.909 bits per heavy atom. The van der Waals surface area contributed by atoms with Crippen LogP contribution in [0.15, 0.2) is 66.7 Å². The van der Waals surface area contributed by atoms with Crippen molar-refractivity contribution in [3.8, 4) is 23.0 Å². The highest BCUT2D eigenvalue weighted by Crippen LogP contribution is 2.30. The maximum Gasteiger partial charge on any atom is 0.387 e. The topological polar surface area (TPSA) is 54.0 Å². The van der Waals surface area contributed by atoms with Crippen LogP contribution in [0.25, 0.3) is 6.08 Å². The van der Waals surface area contributed by atoms with Crippen LogP contribution in [0.4, 0.5) is 13.2 Å². The zero-order chi connectivity index (χ0) is 23.8. The van der Waals surface area contributed by atoms with Crippen molar-refractivity contribution in [1.29, 1.82) is 0 Å². The number of hydrogen-bond donors (Lipinski definition) is 0. The molecular weight excluding hydrogens is 437 g/mol. The Balaban J connectivity index is 1.76. The van der Waals surface area contributed by atoms with E-state index >= 15 is 0 Å². The largest absolute Gasteiger partial charge is 0.496 e. The van der Waals surface area contributed by atoms with Crippen molar-refractivity contribution in [3.05, 3.63) is 89.2 Å². The predicted octanol–water partition coefficient (Wildman–Crippen LogP) is 5.92. The molecule has 5 nitrogen and oxygen atoms in total. The van der Waals surface area contributed by atoms with E-state index in [0.717, 1.165) is 0 Å². The molecule has 0 saturated carbocycles. The van der Waals surface area contributed by atoms with Crippen molar-refractivity contribution < 1.29 is 36.9 Å². The number of rotatable bonds is 10. The average molecular weight is 458 g/mol. The van der Waals surface area contributed by atoms with Gasteiger partial charge in [0.15, 0.2) is 28.8 Å².